The van der Waals surface area contributed by atoms with E-state index < -0.39 is 0 Å². The fraction of sp³-hybridized carbons (Fsp3) is 0.538. The summed E-state index contributed by atoms with van der Waals surface area (Å²) in [6.07, 6.45) is 2.51. The second kappa shape index (κ2) is 4.67. The van der Waals surface area contributed by atoms with Gasteiger partial charge < -0.3 is 4.90 Å². The van der Waals surface area contributed by atoms with Crippen LogP contribution in [0.15, 0.2) is 6.07 Å². The van der Waals surface area contributed by atoms with Gasteiger partial charge in [0.1, 0.15) is 9.98 Å². The topological polar surface area (TPSA) is 29.0 Å². The Morgan fingerprint density at radius 3 is 3.06 bits per heavy atom. The number of hydrogen-bond donors (Lipinski definition) is 0. The van der Waals surface area contributed by atoms with Crippen molar-refractivity contribution in [3.63, 3.8) is 0 Å². The molecule has 1 atom stereocenters. The maximum Gasteiger partial charge on any atom is 0.228 e. The van der Waals surface area contributed by atoms with Crippen LogP contribution in [0.5, 0.6) is 0 Å². The summed E-state index contributed by atoms with van der Waals surface area (Å²) in [5, 5.41) is 1.56. The molecule has 0 N–H and O–H groups in total. The van der Waals surface area contributed by atoms with Gasteiger partial charge in [-0.15, -0.1) is 11.3 Å². The van der Waals surface area contributed by atoms with Crippen molar-refractivity contribution in [3.8, 4) is 0 Å². The monoisotopic (exact) mass is 281 g/mol. The molecule has 5 heteroatoms. The molecule has 96 valence electrons. The highest BCUT2D eigenvalue weighted by Crippen LogP contribution is 2.31. The van der Waals surface area contributed by atoms with Crippen molar-refractivity contribution in [1.82, 2.24) is 9.97 Å². The minimum absolute atomic E-state index is 0.581. The molecule has 0 saturated carbocycles. The first-order valence-electron chi connectivity index (χ1n) is 6.32. The molecule has 1 saturated heterocycles. The Balaban J connectivity index is 2.01. The normalized spacial score (nSPS) is 20.6. The summed E-state index contributed by atoms with van der Waals surface area (Å²) in [4.78, 5) is 13.6. The Bertz CT molecular complexity index is 581. The highest BCUT2D eigenvalue weighted by Gasteiger charge is 2.20. The van der Waals surface area contributed by atoms with Gasteiger partial charge in [-0.05, 0) is 31.7 Å². The van der Waals surface area contributed by atoms with E-state index in [1.54, 1.807) is 11.3 Å². The van der Waals surface area contributed by atoms with Crippen molar-refractivity contribution < 1.29 is 0 Å². The van der Waals surface area contributed by atoms with Crippen LogP contribution in [0.1, 0.15) is 24.6 Å². The van der Waals surface area contributed by atoms with Gasteiger partial charge in [0.15, 0.2) is 0 Å². The lowest BCUT2D eigenvalue weighted by Gasteiger charge is -2.30. The number of piperidine rings is 1. The average molecular weight is 282 g/mol. The van der Waals surface area contributed by atoms with Gasteiger partial charge in [-0.1, -0.05) is 18.5 Å². The Morgan fingerprint density at radius 1 is 1.44 bits per heavy atom. The number of hydrogen-bond acceptors (Lipinski definition) is 4. The van der Waals surface area contributed by atoms with Crippen LogP contribution >= 0.6 is 22.9 Å². The number of aryl methyl sites for hydroxylation is 1. The highest BCUT2D eigenvalue weighted by atomic mass is 35.5. The maximum absolute atomic E-state index is 6.26. The molecule has 0 amide bonds. The van der Waals surface area contributed by atoms with E-state index in [1.165, 1.54) is 17.7 Å². The predicted octanol–water partition coefficient (Wildman–Crippen LogP) is 3.89. The van der Waals surface area contributed by atoms with Crippen LogP contribution in [-0.4, -0.2) is 23.1 Å². The molecule has 2 aromatic rings. The molecule has 18 heavy (non-hydrogen) atoms. The van der Waals surface area contributed by atoms with Crippen molar-refractivity contribution in [3.05, 3.63) is 16.1 Å². The molecule has 3 heterocycles. The first-order chi connectivity index (χ1) is 8.63. The average Bonchev–Trinajstić information content (AvgIpc) is 2.70. The van der Waals surface area contributed by atoms with Gasteiger partial charge in [0, 0.05) is 23.4 Å². The lowest BCUT2D eigenvalue weighted by molar-refractivity contribution is 0.442. The van der Waals surface area contributed by atoms with Crippen LogP contribution in [-0.2, 0) is 0 Å². The largest absolute Gasteiger partial charge is 0.340 e. The van der Waals surface area contributed by atoms with Crippen molar-refractivity contribution in [2.45, 2.75) is 26.7 Å². The summed E-state index contributed by atoms with van der Waals surface area (Å²) < 4.78 is 0. The van der Waals surface area contributed by atoms with Gasteiger partial charge in [0.25, 0.3) is 0 Å². The van der Waals surface area contributed by atoms with Crippen LogP contribution in [0, 0.1) is 12.8 Å². The quantitative estimate of drug-likeness (QED) is 0.743. The molecule has 0 aromatic carbocycles. The van der Waals surface area contributed by atoms with E-state index in [2.05, 4.69) is 34.8 Å². The SMILES string of the molecule is Cc1cc2c(Cl)nc(N3CCCC(C)C3)nc2s1. The van der Waals surface area contributed by atoms with Crippen molar-refractivity contribution in [1.29, 1.82) is 0 Å². The van der Waals surface area contributed by atoms with E-state index in [0.717, 1.165) is 29.3 Å². The fourth-order valence-electron chi connectivity index (χ4n) is 2.51. The highest BCUT2D eigenvalue weighted by molar-refractivity contribution is 7.18. The summed E-state index contributed by atoms with van der Waals surface area (Å²) in [5.74, 6) is 1.50. The Labute approximate surface area is 116 Å². The molecule has 0 radical (unpaired) electrons. The zero-order chi connectivity index (χ0) is 12.7. The van der Waals surface area contributed by atoms with Gasteiger partial charge in [-0.2, -0.15) is 0 Å². The van der Waals surface area contributed by atoms with Crippen molar-refractivity contribution in [2.24, 2.45) is 5.92 Å². The molecule has 3 rings (SSSR count). The Hall–Kier alpha value is -0.870. The standard InChI is InChI=1S/C13H16ClN3S/c1-8-4-3-5-17(7-8)13-15-11(14)10-6-9(2)18-12(10)16-13/h6,8H,3-5,7H2,1-2H3. The number of anilines is 1. The Kier molecular flexibility index (Phi) is 3.16. The predicted molar refractivity (Wildman–Crippen MR) is 77.8 cm³/mol. The summed E-state index contributed by atoms with van der Waals surface area (Å²) in [7, 11) is 0. The number of rotatable bonds is 1. The van der Waals surface area contributed by atoms with E-state index in [0.29, 0.717) is 11.1 Å². The minimum Gasteiger partial charge on any atom is -0.340 e. The van der Waals surface area contributed by atoms with Crippen LogP contribution in [0.4, 0.5) is 5.95 Å². The molecule has 1 unspecified atom stereocenters. The van der Waals surface area contributed by atoms with E-state index in [4.69, 9.17) is 11.6 Å². The number of fused-ring (bicyclic) bond motifs is 1. The lowest BCUT2D eigenvalue weighted by atomic mass is 10.0. The third-order valence-electron chi connectivity index (χ3n) is 3.40. The van der Waals surface area contributed by atoms with Crippen molar-refractivity contribution >= 4 is 39.1 Å². The van der Waals surface area contributed by atoms with E-state index >= 15 is 0 Å². The molecule has 2 aromatic heterocycles. The molecule has 1 aliphatic heterocycles. The second-order valence-corrected chi connectivity index (χ2v) is 6.68. The van der Waals surface area contributed by atoms with Crippen molar-refractivity contribution in [2.75, 3.05) is 18.0 Å². The fourth-order valence-corrected chi connectivity index (χ4v) is 3.66. The van der Waals surface area contributed by atoms with E-state index in [1.807, 2.05) is 0 Å². The summed E-state index contributed by atoms with van der Waals surface area (Å²) in [6, 6.07) is 2.06. The van der Waals surface area contributed by atoms with E-state index in [9.17, 15) is 0 Å². The third-order valence-corrected chi connectivity index (χ3v) is 4.63. The first-order valence-corrected chi connectivity index (χ1v) is 7.51. The molecule has 1 fully saturated rings. The third kappa shape index (κ3) is 2.19. The zero-order valence-electron chi connectivity index (χ0n) is 10.6. The van der Waals surface area contributed by atoms with Gasteiger partial charge >= 0.3 is 0 Å². The molecular weight excluding hydrogens is 266 g/mol. The molecule has 0 aliphatic carbocycles. The first kappa shape index (κ1) is 12.2. The number of halogens is 1. The smallest absolute Gasteiger partial charge is 0.228 e. The van der Waals surface area contributed by atoms with Crippen LogP contribution in [0.3, 0.4) is 0 Å². The zero-order valence-corrected chi connectivity index (χ0v) is 12.2. The number of thiophene rings is 1. The van der Waals surface area contributed by atoms with E-state index in [-0.39, 0.29) is 0 Å². The number of nitrogens with zero attached hydrogens (tertiary/aromatic N) is 3. The molecule has 3 nitrogen and oxygen atoms in total. The second-order valence-electron chi connectivity index (χ2n) is 5.08. The van der Waals surface area contributed by atoms with Gasteiger partial charge in [-0.25, -0.2) is 9.97 Å². The lowest BCUT2D eigenvalue weighted by Crippen LogP contribution is -2.35. The maximum atomic E-state index is 6.26. The molecule has 1 aliphatic rings. The van der Waals surface area contributed by atoms with Crippen LogP contribution in [0.2, 0.25) is 5.15 Å². The minimum atomic E-state index is 0.581. The summed E-state index contributed by atoms with van der Waals surface area (Å²) in [6.45, 7) is 6.43. The van der Waals surface area contributed by atoms with Gasteiger partial charge in [0.2, 0.25) is 5.95 Å². The van der Waals surface area contributed by atoms with Gasteiger partial charge in [0.05, 0.1) is 0 Å². The molecule has 0 bridgehead atoms. The number of aromatic nitrogens is 2. The summed E-state index contributed by atoms with van der Waals surface area (Å²) in [5.41, 5.74) is 0. The molecule has 0 spiro atoms. The van der Waals surface area contributed by atoms with Crippen LogP contribution in [0.25, 0.3) is 10.2 Å². The Morgan fingerprint density at radius 2 is 2.28 bits per heavy atom. The van der Waals surface area contributed by atoms with Gasteiger partial charge in [-0.3, -0.25) is 0 Å². The summed E-state index contributed by atoms with van der Waals surface area (Å²) >= 11 is 7.94. The molecular formula is C13H16ClN3S. The van der Waals surface area contributed by atoms with Crippen LogP contribution < -0.4 is 4.90 Å².